The number of esters is 2. The number of hydrogen-bond acceptors (Lipinski definition) is 8. The topological polar surface area (TPSA) is 129 Å². The maximum atomic E-state index is 12.7. The van der Waals surface area contributed by atoms with E-state index >= 15 is 0 Å². The third-order valence-electron chi connectivity index (χ3n) is 10.4. The van der Waals surface area contributed by atoms with Crippen LogP contribution in [-0.2, 0) is 32.7 Å². The highest BCUT2D eigenvalue weighted by atomic mass is 31.2. The van der Waals surface area contributed by atoms with Crippen LogP contribution in [0.15, 0.2) is 48.6 Å². The number of quaternary nitrogens is 1. The zero-order valence-corrected chi connectivity index (χ0v) is 40.6. The van der Waals surface area contributed by atoms with Crippen LogP contribution in [0.2, 0.25) is 0 Å². The molecule has 0 aliphatic rings. The van der Waals surface area contributed by atoms with Gasteiger partial charge in [-0.3, -0.25) is 18.6 Å². The number of allylic oxidation sites excluding steroid dienone is 8. The van der Waals surface area contributed by atoms with E-state index in [0.717, 1.165) is 57.8 Å². The van der Waals surface area contributed by atoms with E-state index < -0.39 is 26.5 Å². The van der Waals surface area contributed by atoms with Crippen molar-refractivity contribution in [3.8, 4) is 0 Å². The van der Waals surface area contributed by atoms with Crippen molar-refractivity contribution in [3.05, 3.63) is 48.6 Å². The molecular weight excluding hydrogens is 790 g/mol. The highest BCUT2D eigenvalue weighted by Crippen LogP contribution is 2.43. The first-order chi connectivity index (χ1) is 29.3. The third kappa shape index (κ3) is 47.2. The van der Waals surface area contributed by atoms with E-state index in [0.29, 0.717) is 23.9 Å². The second-order valence-electron chi connectivity index (χ2n) is 17.8. The summed E-state index contributed by atoms with van der Waals surface area (Å²) in [5.41, 5.74) is 0. The molecule has 0 rings (SSSR count). The van der Waals surface area contributed by atoms with E-state index in [-0.39, 0.29) is 38.1 Å². The Morgan fingerprint density at radius 2 is 1.00 bits per heavy atom. The van der Waals surface area contributed by atoms with Crippen LogP contribution >= 0.6 is 7.82 Å². The third-order valence-corrected chi connectivity index (χ3v) is 11.4. The fourth-order valence-corrected chi connectivity index (χ4v) is 7.30. The van der Waals surface area contributed by atoms with Crippen molar-refractivity contribution in [2.24, 2.45) is 0 Å². The summed E-state index contributed by atoms with van der Waals surface area (Å²) in [5.74, 6) is -0.875. The van der Waals surface area contributed by atoms with Crippen LogP contribution in [-0.4, -0.2) is 86.1 Å². The number of ether oxygens (including phenoxy) is 2. The molecule has 0 spiro atoms. The zero-order chi connectivity index (χ0) is 45.1. The van der Waals surface area contributed by atoms with Gasteiger partial charge in [-0.1, -0.05) is 171 Å². The minimum atomic E-state index is -4.40. The average molecular weight is 883 g/mol. The Kier molecular flexibility index (Phi) is 40.5. The van der Waals surface area contributed by atoms with Crippen LogP contribution in [0, 0.1) is 0 Å². The normalized spacial score (nSPS) is 14.4. The molecule has 1 unspecified atom stereocenters. The molecule has 0 fully saturated rings. The van der Waals surface area contributed by atoms with E-state index in [4.69, 9.17) is 18.5 Å². The van der Waals surface area contributed by atoms with E-state index in [9.17, 15) is 24.2 Å². The predicted octanol–water partition coefficient (Wildman–Crippen LogP) is 13.2. The average Bonchev–Trinajstić information content (AvgIpc) is 3.20. The lowest BCUT2D eigenvalue weighted by Crippen LogP contribution is -2.37. The van der Waals surface area contributed by atoms with Crippen molar-refractivity contribution in [3.63, 3.8) is 0 Å². The summed E-state index contributed by atoms with van der Waals surface area (Å²) >= 11 is 0. The number of rotatable bonds is 44. The Morgan fingerprint density at radius 3 is 1.46 bits per heavy atom. The Balaban J connectivity index is 4.36. The number of hydrogen-bond donors (Lipinski definition) is 2. The number of carbonyl (C=O) groups is 2. The van der Waals surface area contributed by atoms with Crippen molar-refractivity contribution in [2.75, 3.05) is 47.5 Å². The molecular formula is C50H93NO9P+. The molecule has 0 aromatic rings. The van der Waals surface area contributed by atoms with E-state index in [1.807, 2.05) is 34.1 Å². The van der Waals surface area contributed by atoms with Crippen LogP contribution in [0.25, 0.3) is 0 Å². The zero-order valence-electron chi connectivity index (χ0n) is 39.8. The van der Waals surface area contributed by atoms with Crippen LogP contribution in [0.5, 0.6) is 0 Å². The molecule has 0 aromatic heterocycles. The first kappa shape index (κ1) is 58.9. The molecule has 0 aliphatic heterocycles. The van der Waals surface area contributed by atoms with Crippen LogP contribution in [0.4, 0.5) is 0 Å². The molecule has 61 heavy (non-hydrogen) atoms. The van der Waals surface area contributed by atoms with Gasteiger partial charge >= 0.3 is 19.8 Å². The van der Waals surface area contributed by atoms with Crippen molar-refractivity contribution in [2.45, 2.75) is 212 Å². The summed E-state index contributed by atoms with van der Waals surface area (Å²) in [5, 5.41) is 9.29. The number of nitrogens with zero attached hydrogens (tertiary/aromatic N) is 1. The number of phosphoric acid groups is 1. The number of carbonyl (C=O) groups excluding carboxylic acids is 2. The van der Waals surface area contributed by atoms with Gasteiger partial charge in [-0.05, 0) is 64.7 Å². The lowest BCUT2D eigenvalue weighted by atomic mass is 10.0. The van der Waals surface area contributed by atoms with Gasteiger partial charge in [-0.2, -0.15) is 0 Å². The van der Waals surface area contributed by atoms with Gasteiger partial charge < -0.3 is 24.0 Å². The number of likely N-dealkylation sites (N-methyl/N-ethyl adjacent to an activating group) is 1. The molecule has 0 amide bonds. The highest BCUT2D eigenvalue weighted by Gasteiger charge is 2.27. The Bertz CT molecular complexity index is 1190. The second-order valence-corrected chi connectivity index (χ2v) is 19.2. The Labute approximate surface area is 374 Å². The lowest BCUT2D eigenvalue weighted by molar-refractivity contribution is -0.870. The summed E-state index contributed by atoms with van der Waals surface area (Å²) < 4.78 is 34.3. The number of aliphatic hydroxyl groups excluding tert-OH is 1. The number of unbranched alkanes of at least 4 members (excludes halogenated alkanes) is 20. The number of aliphatic hydroxyl groups is 1. The van der Waals surface area contributed by atoms with Gasteiger partial charge in [-0.25, -0.2) is 4.57 Å². The summed E-state index contributed by atoms with van der Waals surface area (Å²) in [6, 6.07) is 0. The minimum Gasteiger partial charge on any atom is -0.462 e. The summed E-state index contributed by atoms with van der Waals surface area (Å²) in [7, 11) is 1.42. The lowest BCUT2D eigenvalue weighted by Gasteiger charge is -2.24. The molecule has 0 aromatic carbocycles. The molecule has 11 heteroatoms. The quantitative estimate of drug-likeness (QED) is 0.0202. The molecule has 0 radical (unpaired) electrons. The summed E-state index contributed by atoms with van der Waals surface area (Å²) in [4.78, 5) is 35.4. The first-order valence-electron chi connectivity index (χ1n) is 24.4. The molecule has 356 valence electrons. The van der Waals surface area contributed by atoms with Gasteiger partial charge in [0.1, 0.15) is 19.8 Å². The van der Waals surface area contributed by atoms with Crippen molar-refractivity contribution >= 4 is 19.8 Å². The summed E-state index contributed by atoms with van der Waals surface area (Å²) in [6.07, 6.45) is 47.3. The van der Waals surface area contributed by atoms with E-state index in [1.54, 1.807) is 0 Å². The molecule has 2 N–H and O–H groups in total. The Morgan fingerprint density at radius 1 is 0.574 bits per heavy atom. The van der Waals surface area contributed by atoms with Crippen LogP contribution < -0.4 is 0 Å². The standard InChI is InChI=1S/C50H92NO9P/c1-6-7-8-9-10-11-12-13-14-15-16-17-20-23-26-29-32-35-38-41-49(53)57-45-48(46-59-61(55,56)58-44-43-51(3,4)5)60-50(54)42-39-36-33-30-27-24-21-18-19-22-25-28-31-34-37-40-47(2)52/h19,21-22,24,28,30-31,33,47-48,52H,6-18,20,23,25-27,29,32,34-46H2,1-5H3/p+1/b22-19-,24-21-,31-28-,33-30-/t47-,48+/m0/s1. The molecule has 0 bridgehead atoms. The molecule has 0 saturated heterocycles. The van der Waals surface area contributed by atoms with E-state index in [1.165, 1.54) is 103 Å². The van der Waals surface area contributed by atoms with Gasteiger partial charge in [0.2, 0.25) is 0 Å². The maximum absolute atomic E-state index is 12.7. The fraction of sp³-hybridized carbons (Fsp3) is 0.800. The maximum Gasteiger partial charge on any atom is 0.472 e. The van der Waals surface area contributed by atoms with Crippen LogP contribution in [0.3, 0.4) is 0 Å². The molecule has 3 atom stereocenters. The van der Waals surface area contributed by atoms with Gasteiger partial charge in [0.05, 0.1) is 33.9 Å². The predicted molar refractivity (Wildman–Crippen MR) is 253 cm³/mol. The van der Waals surface area contributed by atoms with Gasteiger partial charge in [0, 0.05) is 12.8 Å². The number of phosphoric ester groups is 1. The monoisotopic (exact) mass is 883 g/mol. The molecule has 0 saturated carbocycles. The van der Waals surface area contributed by atoms with E-state index in [2.05, 4.69) is 49.5 Å². The van der Waals surface area contributed by atoms with Gasteiger partial charge in [0.15, 0.2) is 6.10 Å². The Hall–Kier alpha value is -2.07. The molecule has 0 heterocycles. The SMILES string of the molecule is CCCCCCCCCCCCCCCCCCCCCC(=O)OC[C@H](COP(=O)(O)OCC[N+](C)(C)C)OC(=O)CCC/C=C\C/C=C\C/C=C\C/C=C\CCC[C@H](C)O. The smallest absolute Gasteiger partial charge is 0.462 e. The minimum absolute atomic E-state index is 0.0155. The van der Waals surface area contributed by atoms with Crippen molar-refractivity contribution in [1.29, 1.82) is 0 Å². The van der Waals surface area contributed by atoms with Crippen molar-refractivity contribution in [1.82, 2.24) is 0 Å². The first-order valence-corrected chi connectivity index (χ1v) is 25.9. The highest BCUT2D eigenvalue weighted by molar-refractivity contribution is 7.47. The largest absolute Gasteiger partial charge is 0.472 e. The van der Waals surface area contributed by atoms with Gasteiger partial charge in [0.25, 0.3) is 0 Å². The fourth-order valence-electron chi connectivity index (χ4n) is 6.56. The van der Waals surface area contributed by atoms with Crippen molar-refractivity contribution < 1.29 is 47.2 Å². The molecule has 0 aliphatic carbocycles. The second kappa shape index (κ2) is 41.9. The summed E-state index contributed by atoms with van der Waals surface area (Å²) in [6.45, 7) is 3.92. The molecule has 10 nitrogen and oxygen atoms in total. The van der Waals surface area contributed by atoms with Gasteiger partial charge in [-0.15, -0.1) is 0 Å². The van der Waals surface area contributed by atoms with Crippen LogP contribution in [0.1, 0.15) is 200 Å².